The molecule has 2 heterocycles. The van der Waals surface area contributed by atoms with Gasteiger partial charge in [0.05, 0.1) is 77.7 Å². The number of fused-ring (bicyclic) bond motifs is 4. The summed E-state index contributed by atoms with van der Waals surface area (Å²) in [6.07, 6.45) is 10.00. The van der Waals surface area contributed by atoms with Crippen LogP contribution in [0.15, 0.2) is 109 Å². The van der Waals surface area contributed by atoms with Crippen LogP contribution in [0, 0.1) is 29.6 Å². The molecule has 342 valence electrons. The van der Waals surface area contributed by atoms with E-state index in [2.05, 4.69) is 0 Å². The third-order valence-corrected chi connectivity index (χ3v) is 13.6. The Kier molecular flexibility index (Phi) is 12.1. The molecule has 13 heteroatoms. The zero-order valence-electron chi connectivity index (χ0n) is 37.9. The van der Waals surface area contributed by atoms with Crippen molar-refractivity contribution in [1.29, 1.82) is 0 Å². The fraction of sp³-hybridized carbons (Fsp3) is 0.259. The van der Waals surface area contributed by atoms with Gasteiger partial charge in [-0.2, -0.15) is 0 Å². The van der Waals surface area contributed by atoms with Gasteiger partial charge >= 0.3 is 0 Å². The minimum absolute atomic E-state index is 0.109. The van der Waals surface area contributed by atoms with Crippen molar-refractivity contribution in [3.8, 4) is 40.2 Å². The van der Waals surface area contributed by atoms with Gasteiger partial charge in [-0.15, -0.1) is 0 Å². The smallest absolute Gasteiger partial charge is 0.238 e. The highest BCUT2D eigenvalue weighted by Crippen LogP contribution is 2.61. The first-order chi connectivity index (χ1) is 32.5. The van der Waals surface area contributed by atoms with E-state index >= 15 is 0 Å². The van der Waals surface area contributed by atoms with Crippen molar-refractivity contribution in [2.24, 2.45) is 29.6 Å². The molecular formula is C54H50N2O11. The molecule has 0 aromatic heterocycles. The van der Waals surface area contributed by atoms with Crippen LogP contribution in [0.25, 0.3) is 24.3 Å². The average molecular weight is 903 g/mol. The number of hydrogen-bond acceptors (Lipinski definition) is 11. The summed E-state index contributed by atoms with van der Waals surface area (Å²) in [6, 6.07) is 28.3. The highest BCUT2D eigenvalue weighted by Gasteiger charge is 2.63. The van der Waals surface area contributed by atoms with Crippen LogP contribution in [0.1, 0.15) is 46.6 Å². The Morgan fingerprint density at radius 2 is 0.955 bits per heavy atom. The zero-order valence-corrected chi connectivity index (χ0v) is 37.9. The van der Waals surface area contributed by atoms with Gasteiger partial charge in [0.1, 0.15) is 40.2 Å². The van der Waals surface area contributed by atoms with Crippen LogP contribution in [0.3, 0.4) is 0 Å². The molecule has 4 amide bonds. The molecule has 9 rings (SSSR count). The van der Waals surface area contributed by atoms with Crippen LogP contribution < -0.4 is 38.2 Å². The Hall–Kier alpha value is -7.80. The number of rotatable bonds is 13. The first-order valence-electron chi connectivity index (χ1n) is 21.9. The first-order valence-corrected chi connectivity index (χ1v) is 21.9. The molecule has 1 saturated carbocycles. The van der Waals surface area contributed by atoms with Gasteiger partial charge in [0, 0.05) is 34.7 Å². The lowest BCUT2D eigenvalue weighted by Gasteiger charge is -2.44. The van der Waals surface area contributed by atoms with Crippen LogP contribution in [-0.2, 0) is 19.2 Å². The van der Waals surface area contributed by atoms with Gasteiger partial charge in [0.25, 0.3) is 0 Å². The second kappa shape index (κ2) is 18.2. The lowest BCUT2D eigenvalue weighted by molar-refractivity contribution is -0.126. The predicted molar refractivity (Wildman–Crippen MR) is 254 cm³/mol. The molecule has 0 bridgehead atoms. The number of methoxy groups -OCH3 is 6. The Labute approximate surface area is 388 Å². The maximum atomic E-state index is 15.0. The summed E-state index contributed by atoms with van der Waals surface area (Å²) in [5.74, 6) is -2.94. The summed E-state index contributed by atoms with van der Waals surface area (Å²) >= 11 is 0. The number of amides is 4. The Balaban J connectivity index is 1.04. The van der Waals surface area contributed by atoms with E-state index < -0.39 is 47.3 Å². The van der Waals surface area contributed by atoms with Crippen LogP contribution in [0.4, 0.5) is 11.4 Å². The van der Waals surface area contributed by atoms with Gasteiger partial charge in [0.15, 0.2) is 0 Å². The van der Waals surface area contributed by atoms with Crippen LogP contribution in [-0.4, -0.2) is 71.4 Å². The van der Waals surface area contributed by atoms with Crippen molar-refractivity contribution >= 4 is 59.3 Å². The minimum atomic E-state index is -0.903. The number of allylic oxidation sites excluding steroid dienone is 2. The zero-order chi connectivity index (χ0) is 47.1. The number of phenolic OH excluding ortho intramolecular Hbond substituents is 1. The van der Waals surface area contributed by atoms with E-state index in [1.165, 1.54) is 36.2 Å². The summed E-state index contributed by atoms with van der Waals surface area (Å²) in [5.41, 5.74) is 5.36. The Morgan fingerprint density at radius 1 is 0.493 bits per heavy atom. The van der Waals surface area contributed by atoms with Gasteiger partial charge in [-0.1, -0.05) is 60.2 Å². The van der Waals surface area contributed by atoms with Gasteiger partial charge < -0.3 is 33.5 Å². The van der Waals surface area contributed by atoms with Gasteiger partial charge in [0.2, 0.25) is 23.6 Å². The van der Waals surface area contributed by atoms with Crippen LogP contribution >= 0.6 is 0 Å². The Morgan fingerprint density at radius 3 is 1.42 bits per heavy atom. The standard InChI is InChI=1S/C54H50N2O11/c1-62-37-19-23-43(64-3)32(25-37)13-7-30-9-15-34(16-10-30)55-51(58)40-22-21-39-41(47(40)53(55)60)29-42-49(48(39)50-45(66-5)27-36(57)28-46(50)67-6)54(61)56(52(42)59)35-17-11-31(12-18-35)8-14-33-26-38(63-2)20-24-44(33)65-4/h7-21,23-28,40-42,47-49,57H,22,29H2,1-6H3/t40-,41+,42+,47-,48-,49+/m0/s1. The minimum Gasteiger partial charge on any atom is -0.508 e. The number of aromatic hydroxyl groups is 1. The molecule has 2 saturated heterocycles. The number of benzene rings is 5. The second-order valence-electron chi connectivity index (χ2n) is 16.9. The van der Waals surface area contributed by atoms with Crippen molar-refractivity contribution in [2.45, 2.75) is 18.8 Å². The molecule has 4 aliphatic rings. The van der Waals surface area contributed by atoms with Crippen LogP contribution in [0.2, 0.25) is 0 Å². The summed E-state index contributed by atoms with van der Waals surface area (Å²) in [5, 5.41) is 10.7. The quantitative estimate of drug-likeness (QED) is 0.0686. The highest BCUT2D eigenvalue weighted by molar-refractivity contribution is 6.24. The molecule has 0 radical (unpaired) electrons. The first kappa shape index (κ1) is 44.4. The number of nitrogens with zero attached hydrogens (tertiary/aromatic N) is 2. The van der Waals surface area contributed by atoms with Crippen molar-refractivity contribution in [3.63, 3.8) is 0 Å². The van der Waals surface area contributed by atoms with Crippen molar-refractivity contribution in [3.05, 3.63) is 137 Å². The predicted octanol–water partition coefficient (Wildman–Crippen LogP) is 8.83. The third-order valence-electron chi connectivity index (χ3n) is 13.6. The molecule has 6 atom stereocenters. The second-order valence-corrected chi connectivity index (χ2v) is 16.9. The van der Waals surface area contributed by atoms with Gasteiger partial charge in [-0.25, -0.2) is 0 Å². The molecule has 5 aromatic rings. The molecule has 1 N–H and O–H groups in total. The summed E-state index contributed by atoms with van der Waals surface area (Å²) in [7, 11) is 9.32. The molecule has 0 spiro atoms. The van der Waals surface area contributed by atoms with E-state index in [0.29, 0.717) is 39.9 Å². The fourth-order valence-corrected chi connectivity index (χ4v) is 10.4. The molecule has 2 aliphatic heterocycles. The fourth-order valence-electron chi connectivity index (χ4n) is 10.4. The lowest BCUT2D eigenvalue weighted by Crippen LogP contribution is -2.43. The molecule has 0 unspecified atom stereocenters. The monoisotopic (exact) mass is 902 g/mol. The number of imide groups is 2. The van der Waals surface area contributed by atoms with Crippen LogP contribution in [0.5, 0.6) is 40.2 Å². The summed E-state index contributed by atoms with van der Waals surface area (Å²) < 4.78 is 33.5. The van der Waals surface area contributed by atoms with Crippen molar-refractivity contribution < 1.29 is 52.7 Å². The van der Waals surface area contributed by atoms with Crippen molar-refractivity contribution in [1.82, 2.24) is 0 Å². The lowest BCUT2D eigenvalue weighted by atomic mass is 9.57. The molecular weight excluding hydrogens is 853 g/mol. The van der Waals surface area contributed by atoms with Crippen molar-refractivity contribution in [2.75, 3.05) is 52.5 Å². The van der Waals surface area contributed by atoms with E-state index in [-0.39, 0.29) is 41.9 Å². The molecule has 67 heavy (non-hydrogen) atoms. The average Bonchev–Trinajstić information content (AvgIpc) is 3.77. The number of carbonyl (C=O) groups is 4. The molecule has 2 aliphatic carbocycles. The molecule has 3 fully saturated rings. The number of hydrogen-bond donors (Lipinski definition) is 1. The summed E-state index contributed by atoms with van der Waals surface area (Å²) in [6.45, 7) is 0. The van der Waals surface area contributed by atoms with E-state index in [4.69, 9.17) is 28.4 Å². The van der Waals surface area contributed by atoms with E-state index in [0.717, 1.165) is 27.8 Å². The van der Waals surface area contributed by atoms with E-state index in [1.807, 2.05) is 91.0 Å². The number of ether oxygens (including phenoxy) is 6. The highest BCUT2D eigenvalue weighted by atomic mass is 16.5. The van der Waals surface area contributed by atoms with E-state index in [1.54, 1.807) is 52.7 Å². The third kappa shape index (κ3) is 7.83. The van der Waals surface area contributed by atoms with Gasteiger partial charge in [-0.3, -0.25) is 29.0 Å². The topological polar surface area (TPSA) is 150 Å². The van der Waals surface area contributed by atoms with E-state index in [9.17, 15) is 24.3 Å². The maximum Gasteiger partial charge on any atom is 0.238 e. The number of carbonyl (C=O) groups excluding carboxylic acids is 4. The normalized spacial score (nSPS) is 22.1. The summed E-state index contributed by atoms with van der Waals surface area (Å²) in [4.78, 5) is 61.5. The largest absolute Gasteiger partial charge is 0.508 e. The number of phenols is 1. The SMILES string of the molecule is COc1ccc(OC)c(C=Cc2ccc(N3C(=O)[C@H]4[C@H](CC=C5[C@H]4C[C@H]4C(=O)N(c6ccc(C=Cc7cc(OC)ccc7OC)cc6)C(=O)[C@H]4[C@H]5c4c(OC)cc(O)cc4OC)C3=O)cc2)c1. The number of anilines is 2. The molecule has 13 nitrogen and oxygen atoms in total. The maximum absolute atomic E-state index is 15.0. The molecule has 5 aromatic carbocycles. The van der Waals surface area contributed by atoms with Gasteiger partial charge in [-0.05, 0) is 90.6 Å². The Bertz CT molecular complexity index is 2840.